The topological polar surface area (TPSA) is 82.3 Å². The Hall–Kier alpha value is -1.24. The molecule has 6 nitrogen and oxygen atoms in total. The van der Waals surface area contributed by atoms with Crippen molar-refractivity contribution in [1.82, 2.24) is 9.97 Å². The van der Waals surface area contributed by atoms with Crippen LogP contribution in [0.5, 0.6) is 0 Å². The van der Waals surface area contributed by atoms with Crippen molar-refractivity contribution in [3.05, 3.63) is 17.6 Å². The van der Waals surface area contributed by atoms with E-state index in [1.165, 1.54) is 0 Å². The van der Waals surface area contributed by atoms with Crippen LogP contribution in [0, 0.1) is 12.8 Å². The van der Waals surface area contributed by atoms with Gasteiger partial charge in [0.25, 0.3) is 0 Å². The minimum atomic E-state index is 0.362. The van der Waals surface area contributed by atoms with Crippen molar-refractivity contribution in [1.29, 1.82) is 0 Å². The number of aryl methyl sites for hydroxylation is 1. The van der Waals surface area contributed by atoms with Crippen LogP contribution in [0.15, 0.2) is 6.07 Å². The first-order chi connectivity index (χ1) is 8.61. The van der Waals surface area contributed by atoms with E-state index >= 15 is 0 Å². The second kappa shape index (κ2) is 7.97. The molecule has 0 spiro atoms. The van der Waals surface area contributed by atoms with Crippen molar-refractivity contribution in [2.45, 2.75) is 27.4 Å². The first-order valence-electron chi connectivity index (χ1n) is 6.08. The SMILES string of the molecule is Cc1cc(NN)nc(COCCOCC(C)C)n1. The molecule has 0 saturated carbocycles. The smallest absolute Gasteiger partial charge is 0.156 e. The maximum atomic E-state index is 5.44. The van der Waals surface area contributed by atoms with Gasteiger partial charge in [0.15, 0.2) is 5.82 Å². The Balaban J connectivity index is 2.24. The van der Waals surface area contributed by atoms with E-state index in [1.54, 1.807) is 6.07 Å². The summed E-state index contributed by atoms with van der Waals surface area (Å²) >= 11 is 0. The summed E-state index contributed by atoms with van der Waals surface area (Å²) in [5.41, 5.74) is 3.35. The van der Waals surface area contributed by atoms with Crippen LogP contribution in [-0.4, -0.2) is 29.8 Å². The summed E-state index contributed by atoms with van der Waals surface area (Å²) < 4.78 is 10.8. The van der Waals surface area contributed by atoms with Gasteiger partial charge < -0.3 is 14.9 Å². The Morgan fingerprint density at radius 2 is 2.00 bits per heavy atom. The third-order valence-electron chi connectivity index (χ3n) is 2.10. The van der Waals surface area contributed by atoms with Gasteiger partial charge in [0.2, 0.25) is 0 Å². The Morgan fingerprint density at radius 3 is 2.67 bits per heavy atom. The highest BCUT2D eigenvalue weighted by Gasteiger charge is 2.01. The van der Waals surface area contributed by atoms with Crippen LogP contribution in [0.25, 0.3) is 0 Å². The van der Waals surface area contributed by atoms with Crippen LogP contribution >= 0.6 is 0 Å². The van der Waals surface area contributed by atoms with Crippen molar-refractivity contribution in [2.24, 2.45) is 11.8 Å². The number of rotatable bonds is 8. The number of hydrogen-bond donors (Lipinski definition) is 2. The number of aromatic nitrogens is 2. The molecule has 1 rings (SSSR count). The predicted molar refractivity (Wildman–Crippen MR) is 69.9 cm³/mol. The number of nitrogens with two attached hydrogens (primary N) is 1. The molecule has 0 bridgehead atoms. The molecule has 102 valence electrons. The third-order valence-corrected chi connectivity index (χ3v) is 2.10. The molecule has 0 aliphatic rings. The summed E-state index contributed by atoms with van der Waals surface area (Å²) in [5, 5.41) is 0. The Labute approximate surface area is 108 Å². The fraction of sp³-hybridized carbons (Fsp3) is 0.667. The number of nitrogen functional groups attached to an aromatic ring is 1. The van der Waals surface area contributed by atoms with Crippen LogP contribution in [0.1, 0.15) is 25.4 Å². The van der Waals surface area contributed by atoms with Crippen molar-refractivity contribution in [3.63, 3.8) is 0 Å². The van der Waals surface area contributed by atoms with Crippen molar-refractivity contribution >= 4 is 5.82 Å². The van der Waals surface area contributed by atoms with E-state index in [4.69, 9.17) is 15.3 Å². The largest absolute Gasteiger partial charge is 0.379 e. The molecule has 1 heterocycles. The molecule has 0 atom stereocenters. The molecule has 3 N–H and O–H groups in total. The van der Waals surface area contributed by atoms with Gasteiger partial charge in [0.05, 0.1) is 13.2 Å². The molecule has 0 saturated heterocycles. The molecule has 6 heteroatoms. The summed E-state index contributed by atoms with van der Waals surface area (Å²) in [6.45, 7) is 8.36. The molecule has 0 unspecified atom stereocenters. The van der Waals surface area contributed by atoms with Gasteiger partial charge in [0, 0.05) is 18.4 Å². The fourth-order valence-electron chi connectivity index (χ4n) is 1.37. The number of nitrogens with one attached hydrogen (secondary N) is 1. The molecule has 1 aromatic heterocycles. The van der Waals surface area contributed by atoms with E-state index in [0.717, 1.165) is 12.3 Å². The molecule has 0 aliphatic heterocycles. The lowest BCUT2D eigenvalue weighted by Gasteiger charge is -2.08. The van der Waals surface area contributed by atoms with Crippen LogP contribution < -0.4 is 11.3 Å². The zero-order chi connectivity index (χ0) is 13.4. The van der Waals surface area contributed by atoms with Crippen molar-refractivity contribution in [2.75, 3.05) is 25.2 Å². The lowest BCUT2D eigenvalue weighted by atomic mass is 10.2. The van der Waals surface area contributed by atoms with E-state index in [1.807, 2.05) is 6.92 Å². The molecule has 0 radical (unpaired) electrons. The highest BCUT2D eigenvalue weighted by Crippen LogP contribution is 2.05. The monoisotopic (exact) mass is 254 g/mol. The number of hydrogen-bond acceptors (Lipinski definition) is 6. The van der Waals surface area contributed by atoms with Crippen molar-refractivity contribution in [3.8, 4) is 0 Å². The molecule has 0 aromatic carbocycles. The molecule has 0 amide bonds. The van der Waals surface area contributed by atoms with Gasteiger partial charge in [-0.05, 0) is 12.8 Å². The van der Waals surface area contributed by atoms with Crippen LogP contribution in [-0.2, 0) is 16.1 Å². The fourth-order valence-corrected chi connectivity index (χ4v) is 1.37. The minimum absolute atomic E-state index is 0.362. The van der Waals surface area contributed by atoms with E-state index in [-0.39, 0.29) is 0 Å². The van der Waals surface area contributed by atoms with E-state index in [2.05, 4.69) is 29.2 Å². The summed E-state index contributed by atoms with van der Waals surface area (Å²) in [7, 11) is 0. The highest BCUT2D eigenvalue weighted by molar-refractivity contribution is 5.33. The van der Waals surface area contributed by atoms with E-state index in [9.17, 15) is 0 Å². The second-order valence-corrected chi connectivity index (χ2v) is 4.48. The first-order valence-corrected chi connectivity index (χ1v) is 6.08. The summed E-state index contributed by atoms with van der Waals surface area (Å²) in [4.78, 5) is 8.44. The van der Waals surface area contributed by atoms with E-state index in [0.29, 0.717) is 37.4 Å². The van der Waals surface area contributed by atoms with Crippen LogP contribution in [0.4, 0.5) is 5.82 Å². The van der Waals surface area contributed by atoms with Crippen molar-refractivity contribution < 1.29 is 9.47 Å². The minimum Gasteiger partial charge on any atom is -0.379 e. The number of hydrazine groups is 1. The van der Waals surface area contributed by atoms with E-state index < -0.39 is 0 Å². The predicted octanol–water partition coefficient (Wildman–Crippen LogP) is 1.26. The lowest BCUT2D eigenvalue weighted by molar-refractivity contribution is 0.0294. The second-order valence-electron chi connectivity index (χ2n) is 4.48. The molecular weight excluding hydrogens is 232 g/mol. The molecule has 0 aliphatic carbocycles. The van der Waals surface area contributed by atoms with Crippen LogP contribution in [0.3, 0.4) is 0 Å². The zero-order valence-electron chi connectivity index (χ0n) is 11.3. The zero-order valence-corrected chi connectivity index (χ0v) is 11.3. The van der Waals surface area contributed by atoms with Gasteiger partial charge in [-0.2, -0.15) is 0 Å². The average Bonchev–Trinajstić information content (AvgIpc) is 2.32. The lowest BCUT2D eigenvalue weighted by Crippen LogP contribution is -2.12. The van der Waals surface area contributed by atoms with Gasteiger partial charge in [-0.25, -0.2) is 15.8 Å². The van der Waals surface area contributed by atoms with Gasteiger partial charge in [-0.1, -0.05) is 13.8 Å². The maximum absolute atomic E-state index is 5.44. The van der Waals surface area contributed by atoms with Gasteiger partial charge in [0.1, 0.15) is 12.4 Å². The average molecular weight is 254 g/mol. The molecule has 1 aromatic rings. The van der Waals surface area contributed by atoms with Crippen LogP contribution in [0.2, 0.25) is 0 Å². The summed E-state index contributed by atoms with van der Waals surface area (Å²) in [5.74, 6) is 7.07. The standard InChI is InChI=1S/C12H22N4O2/c1-9(2)7-17-4-5-18-8-12-14-10(3)6-11(15-12)16-13/h6,9H,4-5,7-8,13H2,1-3H3,(H,14,15,16). The highest BCUT2D eigenvalue weighted by atomic mass is 16.5. The quantitative estimate of drug-likeness (QED) is 0.413. The van der Waals surface area contributed by atoms with Gasteiger partial charge in [-0.3, -0.25) is 0 Å². The van der Waals surface area contributed by atoms with Gasteiger partial charge in [-0.15, -0.1) is 0 Å². The summed E-state index contributed by atoms with van der Waals surface area (Å²) in [6, 6.07) is 1.77. The number of anilines is 1. The number of nitrogens with zero attached hydrogens (tertiary/aromatic N) is 2. The molecule has 0 fully saturated rings. The third kappa shape index (κ3) is 5.90. The Morgan fingerprint density at radius 1 is 1.28 bits per heavy atom. The maximum Gasteiger partial charge on any atom is 0.156 e. The Kier molecular flexibility index (Phi) is 6.56. The molecule has 18 heavy (non-hydrogen) atoms. The number of ether oxygens (including phenoxy) is 2. The summed E-state index contributed by atoms with van der Waals surface area (Å²) in [6.07, 6.45) is 0. The Bertz CT molecular complexity index is 358. The first kappa shape index (κ1) is 14.8. The normalized spacial score (nSPS) is 10.9. The van der Waals surface area contributed by atoms with Gasteiger partial charge >= 0.3 is 0 Å². The molecular formula is C12H22N4O2.